The van der Waals surface area contributed by atoms with Gasteiger partial charge in [-0.15, -0.1) is 0 Å². The van der Waals surface area contributed by atoms with Gasteiger partial charge in [-0.05, 0) is 105 Å². The highest BCUT2D eigenvalue weighted by atomic mass is 32.2. The Kier molecular flexibility index (Phi) is 12.9. The highest BCUT2D eigenvalue weighted by Gasteiger charge is 2.57. The minimum Gasteiger partial charge on any atom is -0.616 e. The Bertz CT molecular complexity index is 1330. The van der Waals surface area contributed by atoms with Crippen molar-refractivity contribution in [3.05, 3.63) is 34.9 Å². The van der Waals surface area contributed by atoms with Crippen LogP contribution in [0.3, 0.4) is 0 Å². The zero-order valence-electron chi connectivity index (χ0n) is 29.5. The van der Waals surface area contributed by atoms with E-state index in [1.54, 1.807) is 0 Å². The van der Waals surface area contributed by atoms with Gasteiger partial charge < -0.3 is 14.4 Å². The third-order valence-electron chi connectivity index (χ3n) is 12.5. The highest BCUT2D eigenvalue weighted by molar-refractivity contribution is 7.91. The van der Waals surface area contributed by atoms with Crippen LogP contribution >= 0.6 is 0 Å². The number of carbonyl (C=O) groups is 2. The van der Waals surface area contributed by atoms with Crippen LogP contribution in [0.1, 0.15) is 132 Å². The van der Waals surface area contributed by atoms with Gasteiger partial charge in [-0.1, -0.05) is 68.4 Å². The molecule has 2 saturated carbocycles. The molecule has 3 aliphatic carbocycles. The summed E-state index contributed by atoms with van der Waals surface area (Å²) in [6.45, 7) is 2.98. The zero-order valence-corrected chi connectivity index (χ0v) is 30.3. The molecule has 0 amide bonds. The van der Waals surface area contributed by atoms with Gasteiger partial charge in [-0.3, -0.25) is 9.69 Å². The Morgan fingerprint density at radius 2 is 1.70 bits per heavy atom. The van der Waals surface area contributed by atoms with E-state index in [1.165, 1.54) is 11.1 Å². The van der Waals surface area contributed by atoms with Crippen LogP contribution in [0, 0.1) is 23.2 Å². The second kappa shape index (κ2) is 16.4. The van der Waals surface area contributed by atoms with Gasteiger partial charge in [0.25, 0.3) is 0 Å². The maximum atomic E-state index is 13.1. The summed E-state index contributed by atoms with van der Waals surface area (Å²) in [4.78, 5) is 26.7. The van der Waals surface area contributed by atoms with Crippen LogP contribution < -0.4 is 0 Å². The van der Waals surface area contributed by atoms with Gasteiger partial charge in [-0.25, -0.2) is 4.79 Å². The smallest absolute Gasteiger partial charge is 0.506 e. The lowest BCUT2D eigenvalue weighted by molar-refractivity contribution is -0.284. The van der Waals surface area contributed by atoms with Crippen molar-refractivity contribution in [1.82, 2.24) is 4.90 Å². The Balaban J connectivity index is 1.11. The number of ketones is 1. The van der Waals surface area contributed by atoms with E-state index in [0.29, 0.717) is 54.5 Å². The number of rotatable bonds is 16. The van der Waals surface area contributed by atoms with Gasteiger partial charge in [0.2, 0.25) is 0 Å². The largest absolute Gasteiger partial charge is 0.616 e. The first-order valence-corrected chi connectivity index (χ1v) is 20.2. The van der Waals surface area contributed by atoms with Crippen LogP contribution in [0.4, 0.5) is 26.7 Å². The van der Waals surface area contributed by atoms with E-state index in [4.69, 9.17) is 4.74 Å². The van der Waals surface area contributed by atoms with E-state index >= 15 is 0 Å². The third-order valence-corrected chi connectivity index (χ3v) is 14.0. The predicted molar refractivity (Wildman–Crippen MR) is 183 cm³/mol. The topological polar surface area (TPSA) is 89.9 Å². The van der Waals surface area contributed by atoms with Crippen molar-refractivity contribution in [2.24, 2.45) is 23.2 Å². The number of halogens is 5. The average molecular weight is 732 g/mol. The van der Waals surface area contributed by atoms with E-state index in [1.807, 2.05) is 7.05 Å². The van der Waals surface area contributed by atoms with E-state index < -0.39 is 48.4 Å². The van der Waals surface area contributed by atoms with Gasteiger partial charge in [0.05, 0.1) is 6.04 Å². The molecular formula is C38H54F5NO5S. The molecule has 8 atom stereocenters. The van der Waals surface area contributed by atoms with Gasteiger partial charge in [0.1, 0.15) is 23.4 Å². The molecule has 5 rings (SSSR count). The lowest BCUT2D eigenvalue weighted by atomic mass is 9.52. The van der Waals surface area contributed by atoms with Gasteiger partial charge in [0.15, 0.2) is 0 Å². The molecule has 1 saturated heterocycles. The van der Waals surface area contributed by atoms with Crippen LogP contribution in [0.2, 0.25) is 0 Å². The zero-order chi connectivity index (χ0) is 36.3. The average Bonchev–Trinajstić information content (AvgIpc) is 3.55. The molecule has 0 radical (unpaired) electrons. The standard InChI is InChI=1S/C38H54F5NO5S/c1-36-19-16-29-28-13-12-26(34-31(49-35(46)47)17-20-44(34)2)24-27(28)23-25(33(29)30(36)14-15-32(36)45)11-8-6-4-3-5-7-9-21-50(48)22-10-18-37(39,40)38(41,42)43/h12-13,24-25,29-31,33-34H,3-11,14-23H2,1-2H3,(H,46,47)/t25-,29-,30+,31?,33-,34?,36+,50?/m1/s1. The van der Waals surface area contributed by atoms with Crippen molar-refractivity contribution in [2.75, 3.05) is 25.1 Å². The summed E-state index contributed by atoms with van der Waals surface area (Å²) in [6, 6.07) is 6.66. The quantitative estimate of drug-likeness (QED) is 0.0789. The summed E-state index contributed by atoms with van der Waals surface area (Å²) < 4.78 is 80.4. The van der Waals surface area contributed by atoms with E-state index in [9.17, 15) is 41.2 Å². The number of likely N-dealkylation sites (N-methyl/N-ethyl adjacent to an activating group) is 1. The number of carboxylic acid groups (broad SMARTS) is 1. The summed E-state index contributed by atoms with van der Waals surface area (Å²) in [5.74, 6) is -2.29. The number of carbonyl (C=O) groups excluding carboxylic acids is 1. The molecule has 4 aliphatic rings. The molecule has 0 aromatic heterocycles. The first-order valence-electron chi connectivity index (χ1n) is 18.7. The normalized spacial score (nSPS) is 30.5. The summed E-state index contributed by atoms with van der Waals surface area (Å²) >= 11 is -1.38. The summed E-state index contributed by atoms with van der Waals surface area (Å²) in [5.41, 5.74) is 3.66. The van der Waals surface area contributed by atoms with Gasteiger partial charge >= 0.3 is 18.3 Å². The maximum Gasteiger partial charge on any atom is 0.506 e. The molecule has 1 N–H and O–H groups in total. The summed E-state index contributed by atoms with van der Waals surface area (Å²) in [5, 5.41) is 9.33. The van der Waals surface area contributed by atoms with Crippen LogP contribution in [0.5, 0.6) is 0 Å². The molecule has 50 heavy (non-hydrogen) atoms. The van der Waals surface area contributed by atoms with Crippen molar-refractivity contribution in [2.45, 2.75) is 140 Å². The molecule has 1 aliphatic heterocycles. The molecule has 0 bridgehead atoms. The SMILES string of the molecule is CN1CCC(OC(=O)O)C1c1ccc2c(c1)C[C@@H](CCCCCCCCC[S+]([O-])CCCC(F)(F)C(F)(F)F)[C@@H]1[C@@H]2CC[C@]2(C)C(=O)CC[C@@H]12. The van der Waals surface area contributed by atoms with Crippen molar-refractivity contribution in [1.29, 1.82) is 0 Å². The first kappa shape index (κ1) is 39.3. The number of likely N-dealkylation sites (tertiary alicyclic amines) is 1. The fraction of sp³-hybridized carbons (Fsp3) is 0.789. The number of benzene rings is 1. The number of ether oxygens (including phenoxy) is 1. The number of fused-ring (bicyclic) bond motifs is 5. The van der Waals surface area contributed by atoms with E-state index in [-0.39, 0.29) is 17.2 Å². The van der Waals surface area contributed by atoms with Crippen molar-refractivity contribution < 1.29 is 45.9 Å². The number of unbranched alkanes of at least 4 members (excludes halogenated alkanes) is 6. The summed E-state index contributed by atoms with van der Waals surface area (Å²) in [7, 11) is 2.02. The number of hydrogen-bond donors (Lipinski definition) is 1. The number of alkyl halides is 5. The predicted octanol–water partition coefficient (Wildman–Crippen LogP) is 9.62. The number of Topliss-reactive ketones (excluding diaryl/α,β-unsaturated/α-hetero) is 1. The van der Waals surface area contributed by atoms with Crippen LogP contribution in [0.15, 0.2) is 18.2 Å². The molecule has 12 heteroatoms. The van der Waals surface area contributed by atoms with Crippen molar-refractivity contribution in [3.63, 3.8) is 0 Å². The van der Waals surface area contributed by atoms with Crippen molar-refractivity contribution >= 4 is 23.1 Å². The lowest BCUT2D eigenvalue weighted by Crippen LogP contribution is -2.46. The van der Waals surface area contributed by atoms with Gasteiger partial charge in [0, 0.05) is 24.8 Å². The number of nitrogens with zero attached hydrogens (tertiary/aromatic N) is 1. The molecule has 0 spiro atoms. The second-order valence-corrected chi connectivity index (χ2v) is 17.4. The minimum absolute atomic E-state index is 0.106. The molecule has 1 aromatic carbocycles. The summed E-state index contributed by atoms with van der Waals surface area (Å²) in [6.07, 6.45) is 4.26. The molecule has 3 unspecified atom stereocenters. The van der Waals surface area contributed by atoms with E-state index in [2.05, 4.69) is 30.0 Å². The Hall–Kier alpha value is -1.92. The van der Waals surface area contributed by atoms with Gasteiger partial charge in [-0.2, -0.15) is 22.0 Å². The second-order valence-electron chi connectivity index (χ2n) is 15.7. The Morgan fingerprint density at radius 3 is 2.40 bits per heavy atom. The molecule has 6 nitrogen and oxygen atoms in total. The fourth-order valence-corrected chi connectivity index (χ4v) is 11.1. The molecule has 1 heterocycles. The maximum absolute atomic E-state index is 13.1. The van der Waals surface area contributed by atoms with E-state index in [0.717, 1.165) is 82.7 Å². The Labute approximate surface area is 296 Å². The fourth-order valence-electron chi connectivity index (χ4n) is 9.93. The third kappa shape index (κ3) is 8.81. The van der Waals surface area contributed by atoms with Crippen molar-refractivity contribution in [3.8, 4) is 0 Å². The molecule has 282 valence electrons. The molecular weight excluding hydrogens is 677 g/mol. The molecule has 1 aromatic rings. The first-order chi connectivity index (χ1) is 23.6. The van der Waals surface area contributed by atoms with Crippen LogP contribution in [0.25, 0.3) is 0 Å². The lowest BCUT2D eigenvalue weighted by Gasteiger charge is -2.52. The number of hydrogen-bond acceptors (Lipinski definition) is 5. The Morgan fingerprint density at radius 1 is 1.02 bits per heavy atom. The monoisotopic (exact) mass is 731 g/mol. The minimum atomic E-state index is -5.56. The van der Waals surface area contributed by atoms with Crippen LogP contribution in [-0.4, -0.2) is 69.8 Å². The highest BCUT2D eigenvalue weighted by Crippen LogP contribution is 2.61. The van der Waals surface area contributed by atoms with Crippen LogP contribution in [-0.2, 0) is 27.1 Å². The molecule has 3 fully saturated rings.